The van der Waals surface area contributed by atoms with E-state index in [-0.39, 0.29) is 17.9 Å². The lowest BCUT2D eigenvalue weighted by atomic mass is 10.0. The van der Waals surface area contributed by atoms with E-state index in [1.165, 1.54) is 6.07 Å². The molecule has 0 amide bonds. The van der Waals surface area contributed by atoms with Gasteiger partial charge >= 0.3 is 12.1 Å². The van der Waals surface area contributed by atoms with Crippen molar-refractivity contribution in [1.29, 1.82) is 0 Å². The second kappa shape index (κ2) is 7.47. The molecule has 156 valence electrons. The van der Waals surface area contributed by atoms with Crippen LogP contribution in [0, 0.1) is 0 Å². The fraction of sp³-hybridized carbons (Fsp3) is 0.286. The van der Waals surface area contributed by atoms with Crippen LogP contribution >= 0.6 is 0 Å². The number of Topliss-reactive ketones (excluding diaryl/α,β-unsaturated/α-hetero) is 1. The summed E-state index contributed by atoms with van der Waals surface area (Å²) in [4.78, 5) is 24.7. The summed E-state index contributed by atoms with van der Waals surface area (Å²) in [7, 11) is 0. The summed E-state index contributed by atoms with van der Waals surface area (Å²) in [5, 5.41) is 8.48. The zero-order chi connectivity index (χ0) is 21.5. The normalized spacial score (nSPS) is 18.5. The number of halogens is 3. The molecule has 0 fully saturated rings. The lowest BCUT2D eigenvalue weighted by Gasteiger charge is -2.31. The fourth-order valence-corrected chi connectivity index (χ4v) is 3.51. The number of benzene rings is 2. The van der Waals surface area contributed by atoms with Crippen LogP contribution < -0.4 is 5.32 Å². The zero-order valence-electron chi connectivity index (χ0n) is 15.9. The monoisotopic (exact) mass is 417 g/mol. The Morgan fingerprint density at radius 3 is 2.63 bits per heavy atom. The third-order valence-electron chi connectivity index (χ3n) is 4.99. The van der Waals surface area contributed by atoms with Gasteiger partial charge in [-0.15, -0.1) is 0 Å². The van der Waals surface area contributed by atoms with E-state index in [0.29, 0.717) is 5.56 Å². The Labute approximate surface area is 169 Å². The number of nitrogens with one attached hydrogen (secondary N) is 1. The van der Waals surface area contributed by atoms with E-state index >= 15 is 0 Å². The molecule has 6 nitrogen and oxygen atoms in total. The quantitative estimate of drug-likeness (QED) is 0.504. The average molecular weight is 417 g/mol. The number of fused-ring (bicyclic) bond motifs is 2. The number of rotatable bonds is 4. The van der Waals surface area contributed by atoms with Crippen LogP contribution in [0.3, 0.4) is 0 Å². The summed E-state index contributed by atoms with van der Waals surface area (Å²) in [5.41, 5.74) is 0.0884. The van der Waals surface area contributed by atoms with E-state index in [4.69, 9.17) is 4.74 Å². The second-order valence-corrected chi connectivity index (χ2v) is 7.26. The molecule has 0 saturated heterocycles. The van der Waals surface area contributed by atoms with Crippen molar-refractivity contribution < 1.29 is 27.5 Å². The molecule has 0 unspecified atom stereocenters. The lowest BCUT2D eigenvalue weighted by molar-refractivity contribution is -0.173. The third kappa shape index (κ3) is 3.87. The van der Waals surface area contributed by atoms with Gasteiger partial charge in [-0.1, -0.05) is 36.4 Å². The van der Waals surface area contributed by atoms with Crippen LogP contribution in [0.25, 0.3) is 10.8 Å². The molecule has 1 N–H and O–H groups in total. The number of ketones is 1. The molecule has 2 heterocycles. The standard InChI is InChI=1S/C21H18F3N3O3/c1-12-8-18(21(22,23)24)27-19(25-12)10-16(26-27)20(29)30-11-17(28)15-7-6-13-4-2-3-5-14(13)9-15/h2-7,9-10,12,18,25H,8,11H2,1H3/t12-,18+/m1/s1. The van der Waals surface area contributed by atoms with E-state index in [1.807, 2.05) is 24.3 Å². The molecule has 0 spiro atoms. The van der Waals surface area contributed by atoms with E-state index in [9.17, 15) is 22.8 Å². The number of nitrogens with zero attached hydrogens (tertiary/aromatic N) is 2. The Bertz CT molecular complexity index is 1120. The van der Waals surface area contributed by atoms with Crippen LogP contribution in [-0.2, 0) is 4.74 Å². The van der Waals surface area contributed by atoms with Gasteiger partial charge < -0.3 is 10.1 Å². The highest BCUT2D eigenvalue weighted by molar-refractivity contribution is 6.02. The number of anilines is 1. The maximum Gasteiger partial charge on any atom is 0.410 e. The summed E-state index contributed by atoms with van der Waals surface area (Å²) < 4.78 is 45.7. The molecule has 1 aromatic heterocycles. The number of hydrogen-bond donors (Lipinski definition) is 1. The molecule has 0 radical (unpaired) electrons. The van der Waals surface area contributed by atoms with Gasteiger partial charge in [-0.3, -0.25) is 4.79 Å². The van der Waals surface area contributed by atoms with Crippen LogP contribution in [0.15, 0.2) is 48.5 Å². The molecule has 0 saturated carbocycles. The van der Waals surface area contributed by atoms with Crippen molar-refractivity contribution in [3.63, 3.8) is 0 Å². The first-order chi connectivity index (χ1) is 14.2. The highest BCUT2D eigenvalue weighted by atomic mass is 19.4. The van der Waals surface area contributed by atoms with Gasteiger partial charge in [0.25, 0.3) is 0 Å². The molecule has 3 aromatic rings. The van der Waals surface area contributed by atoms with Gasteiger partial charge in [0.15, 0.2) is 24.1 Å². The van der Waals surface area contributed by atoms with E-state index in [1.54, 1.807) is 25.1 Å². The molecule has 2 atom stereocenters. The Morgan fingerprint density at radius 1 is 1.17 bits per heavy atom. The third-order valence-corrected chi connectivity index (χ3v) is 4.99. The van der Waals surface area contributed by atoms with Crippen molar-refractivity contribution in [3.8, 4) is 0 Å². The molecule has 1 aliphatic heterocycles. The topological polar surface area (TPSA) is 73.2 Å². The Kier molecular flexibility index (Phi) is 4.97. The Morgan fingerprint density at radius 2 is 1.90 bits per heavy atom. The number of aromatic nitrogens is 2. The molecule has 9 heteroatoms. The lowest BCUT2D eigenvalue weighted by Crippen LogP contribution is -2.37. The van der Waals surface area contributed by atoms with Crippen molar-refractivity contribution in [2.75, 3.05) is 11.9 Å². The highest BCUT2D eigenvalue weighted by Gasteiger charge is 2.45. The minimum atomic E-state index is -4.50. The summed E-state index contributed by atoms with van der Waals surface area (Å²) in [5.74, 6) is -1.29. The number of carbonyl (C=O) groups is 2. The maximum absolute atomic E-state index is 13.3. The van der Waals surface area contributed by atoms with Crippen LogP contribution in [0.1, 0.15) is 40.2 Å². The molecule has 0 bridgehead atoms. The van der Waals surface area contributed by atoms with Gasteiger partial charge in [0.05, 0.1) is 0 Å². The van der Waals surface area contributed by atoms with Crippen molar-refractivity contribution in [2.45, 2.75) is 31.6 Å². The first-order valence-electron chi connectivity index (χ1n) is 9.34. The molecular weight excluding hydrogens is 399 g/mol. The number of carbonyl (C=O) groups excluding carboxylic acids is 2. The minimum absolute atomic E-state index is 0.0869. The highest BCUT2D eigenvalue weighted by Crippen LogP contribution is 2.39. The predicted molar refractivity (Wildman–Crippen MR) is 104 cm³/mol. The summed E-state index contributed by atoms with van der Waals surface area (Å²) in [6.07, 6.45) is -4.70. The molecule has 0 aliphatic carbocycles. The molecular formula is C21H18F3N3O3. The van der Waals surface area contributed by atoms with Gasteiger partial charge in [0, 0.05) is 17.7 Å². The van der Waals surface area contributed by atoms with Gasteiger partial charge in [0.2, 0.25) is 0 Å². The van der Waals surface area contributed by atoms with Gasteiger partial charge in [0.1, 0.15) is 5.82 Å². The van der Waals surface area contributed by atoms with Crippen LogP contribution in [0.2, 0.25) is 0 Å². The van der Waals surface area contributed by atoms with E-state index in [0.717, 1.165) is 15.5 Å². The van der Waals surface area contributed by atoms with Gasteiger partial charge in [-0.05, 0) is 30.2 Å². The van der Waals surface area contributed by atoms with E-state index < -0.39 is 36.6 Å². The van der Waals surface area contributed by atoms with Crippen molar-refractivity contribution in [1.82, 2.24) is 9.78 Å². The number of ether oxygens (including phenoxy) is 1. The van der Waals surface area contributed by atoms with Crippen molar-refractivity contribution >= 4 is 28.3 Å². The second-order valence-electron chi connectivity index (χ2n) is 7.26. The number of hydrogen-bond acceptors (Lipinski definition) is 5. The van der Waals surface area contributed by atoms with Crippen molar-refractivity contribution in [3.05, 3.63) is 59.8 Å². The Balaban J connectivity index is 1.47. The first kappa shape index (κ1) is 19.9. The van der Waals surface area contributed by atoms with Gasteiger partial charge in [-0.2, -0.15) is 18.3 Å². The SMILES string of the molecule is C[C@@H]1C[C@@H](C(F)(F)F)n2nc(C(=O)OCC(=O)c3ccc4ccccc4c3)cc2N1. The Hall–Kier alpha value is -3.36. The molecule has 30 heavy (non-hydrogen) atoms. The largest absolute Gasteiger partial charge is 0.453 e. The van der Waals surface area contributed by atoms with Crippen LogP contribution in [0.4, 0.5) is 19.0 Å². The summed E-state index contributed by atoms with van der Waals surface area (Å²) in [6, 6.07) is 11.6. The van der Waals surface area contributed by atoms with Gasteiger partial charge in [-0.25, -0.2) is 9.48 Å². The zero-order valence-corrected chi connectivity index (χ0v) is 15.9. The smallest absolute Gasteiger partial charge is 0.410 e. The van der Waals surface area contributed by atoms with Crippen LogP contribution in [0.5, 0.6) is 0 Å². The van der Waals surface area contributed by atoms with Crippen molar-refractivity contribution in [2.24, 2.45) is 0 Å². The number of alkyl halides is 3. The maximum atomic E-state index is 13.3. The summed E-state index contributed by atoms with van der Waals surface area (Å²) >= 11 is 0. The molecule has 2 aromatic carbocycles. The first-order valence-corrected chi connectivity index (χ1v) is 9.34. The van der Waals surface area contributed by atoms with Crippen LogP contribution in [-0.4, -0.2) is 40.4 Å². The number of esters is 1. The van der Waals surface area contributed by atoms with E-state index in [2.05, 4.69) is 10.4 Å². The summed E-state index contributed by atoms with van der Waals surface area (Å²) in [6.45, 7) is 1.08. The average Bonchev–Trinajstić information content (AvgIpc) is 3.13. The predicted octanol–water partition coefficient (Wildman–Crippen LogP) is 4.38. The minimum Gasteiger partial charge on any atom is -0.453 e. The fourth-order valence-electron chi connectivity index (χ4n) is 3.51. The molecule has 4 rings (SSSR count). The molecule has 1 aliphatic rings.